The van der Waals surface area contributed by atoms with Crippen LogP contribution in [0.3, 0.4) is 0 Å². The van der Waals surface area contributed by atoms with E-state index in [4.69, 9.17) is 14.4 Å². The average Bonchev–Trinajstić information content (AvgIpc) is 3.76. The second-order valence-corrected chi connectivity index (χ2v) is 11.7. The average molecular weight is 580 g/mol. The number of benzene rings is 3. The van der Waals surface area contributed by atoms with Gasteiger partial charge in [-0.1, -0.05) is 60.7 Å². The Morgan fingerprint density at radius 2 is 1.53 bits per heavy atom. The summed E-state index contributed by atoms with van der Waals surface area (Å²) < 4.78 is 8.79. The Balaban J connectivity index is 1.14. The van der Waals surface area contributed by atoms with Crippen LogP contribution in [0.15, 0.2) is 145 Å². The smallest absolute Gasteiger partial charge is 0.163 e. The van der Waals surface area contributed by atoms with Gasteiger partial charge in [-0.15, -0.1) is 0 Å². The molecular formula is C39H25N5O. The molecule has 6 heterocycles. The van der Waals surface area contributed by atoms with E-state index in [1.54, 1.807) is 0 Å². The maximum atomic E-state index is 6.55. The van der Waals surface area contributed by atoms with Crippen molar-refractivity contribution in [1.82, 2.24) is 19.5 Å². The lowest BCUT2D eigenvalue weighted by Gasteiger charge is -2.28. The van der Waals surface area contributed by atoms with Crippen LogP contribution >= 0.6 is 0 Å². The molecule has 45 heavy (non-hydrogen) atoms. The number of aromatic nitrogens is 4. The largest absolute Gasteiger partial charge is 0.454 e. The number of allylic oxidation sites excluding steroid dienone is 2. The molecule has 1 aliphatic heterocycles. The number of anilines is 2. The molecule has 0 amide bonds. The zero-order valence-electron chi connectivity index (χ0n) is 24.1. The number of furan rings is 1. The Hall–Kier alpha value is -6.01. The number of hydrogen-bond donors (Lipinski definition) is 0. The van der Waals surface area contributed by atoms with E-state index in [0.29, 0.717) is 5.92 Å². The summed E-state index contributed by atoms with van der Waals surface area (Å²) >= 11 is 0. The van der Waals surface area contributed by atoms with Gasteiger partial charge in [-0.3, -0.25) is 15.0 Å². The van der Waals surface area contributed by atoms with Crippen molar-refractivity contribution in [3.63, 3.8) is 0 Å². The molecule has 0 fully saturated rings. The van der Waals surface area contributed by atoms with Crippen LogP contribution in [0.2, 0.25) is 0 Å². The van der Waals surface area contributed by atoms with Crippen molar-refractivity contribution in [3.05, 3.63) is 146 Å². The van der Waals surface area contributed by atoms with Crippen LogP contribution in [0.1, 0.15) is 11.5 Å². The molecule has 0 spiro atoms. The number of fused-ring (bicyclic) bond motifs is 9. The Morgan fingerprint density at radius 1 is 0.667 bits per heavy atom. The summed E-state index contributed by atoms with van der Waals surface area (Å²) in [5.74, 6) is 0.332. The molecule has 10 rings (SSSR count). The molecule has 0 N–H and O–H groups in total. The van der Waals surface area contributed by atoms with Crippen molar-refractivity contribution in [2.75, 3.05) is 4.90 Å². The summed E-state index contributed by atoms with van der Waals surface area (Å²) in [4.78, 5) is 16.5. The predicted molar refractivity (Wildman–Crippen MR) is 180 cm³/mol. The minimum absolute atomic E-state index is 0.233. The van der Waals surface area contributed by atoms with Crippen molar-refractivity contribution in [2.45, 2.75) is 12.0 Å². The van der Waals surface area contributed by atoms with Crippen molar-refractivity contribution >= 4 is 55.2 Å². The van der Waals surface area contributed by atoms with Gasteiger partial charge in [0.05, 0.1) is 29.0 Å². The van der Waals surface area contributed by atoms with Crippen LogP contribution in [0.25, 0.3) is 60.8 Å². The van der Waals surface area contributed by atoms with Crippen LogP contribution in [-0.4, -0.2) is 25.6 Å². The molecule has 212 valence electrons. The van der Waals surface area contributed by atoms with Crippen molar-refractivity contribution in [2.24, 2.45) is 0 Å². The minimum Gasteiger partial charge on any atom is -0.454 e. The standard InChI is InChI=1S/C39H25N5O/c1-4-10-33-26(7-1)27-8-2-5-11-34(27)44(33)25-13-14-37-31(21-25)38-39(45-37)29(17-20-41-38)32-22-30-28-9-3-6-12-35(28)43(36(30)23-42-32)24-15-18-40-19-16-24/h1-23,26,33H. The first-order valence-corrected chi connectivity index (χ1v) is 15.2. The fourth-order valence-corrected chi connectivity index (χ4v) is 7.37. The van der Waals surface area contributed by atoms with Crippen LogP contribution in [0.5, 0.6) is 0 Å². The van der Waals surface area contributed by atoms with Gasteiger partial charge >= 0.3 is 0 Å². The van der Waals surface area contributed by atoms with Crippen molar-refractivity contribution in [1.29, 1.82) is 0 Å². The van der Waals surface area contributed by atoms with Crippen LogP contribution in [0, 0.1) is 0 Å². The van der Waals surface area contributed by atoms with Gasteiger partial charge in [0.25, 0.3) is 0 Å². The van der Waals surface area contributed by atoms with Gasteiger partial charge in [0.2, 0.25) is 0 Å². The molecule has 0 bridgehead atoms. The monoisotopic (exact) mass is 579 g/mol. The lowest BCUT2D eigenvalue weighted by molar-refractivity contribution is 0.669. The predicted octanol–water partition coefficient (Wildman–Crippen LogP) is 9.26. The highest BCUT2D eigenvalue weighted by atomic mass is 16.3. The Bertz CT molecular complexity index is 2520. The van der Waals surface area contributed by atoms with E-state index in [1.807, 2.05) is 43.0 Å². The highest BCUT2D eigenvalue weighted by molar-refractivity contribution is 6.12. The number of pyridine rings is 3. The fraction of sp³-hybridized carbons (Fsp3) is 0.0513. The molecule has 2 atom stereocenters. The van der Waals surface area contributed by atoms with Gasteiger partial charge < -0.3 is 13.9 Å². The third-order valence-electron chi connectivity index (χ3n) is 9.33. The van der Waals surface area contributed by atoms with E-state index in [9.17, 15) is 0 Å². The van der Waals surface area contributed by atoms with Gasteiger partial charge in [0.1, 0.15) is 11.1 Å². The molecule has 3 aromatic carbocycles. The fourth-order valence-electron chi connectivity index (χ4n) is 7.37. The van der Waals surface area contributed by atoms with Gasteiger partial charge in [-0.25, -0.2) is 0 Å². The quantitative estimate of drug-likeness (QED) is 0.209. The third-order valence-corrected chi connectivity index (χ3v) is 9.33. The lowest BCUT2D eigenvalue weighted by atomic mass is 9.91. The molecule has 1 aliphatic carbocycles. The first kappa shape index (κ1) is 24.4. The van der Waals surface area contributed by atoms with Gasteiger partial charge in [-0.2, -0.15) is 0 Å². The molecular weight excluding hydrogens is 554 g/mol. The maximum Gasteiger partial charge on any atom is 0.163 e. The lowest BCUT2D eigenvalue weighted by Crippen LogP contribution is -2.28. The maximum absolute atomic E-state index is 6.55. The summed E-state index contributed by atoms with van der Waals surface area (Å²) in [5.41, 5.74) is 11.1. The highest BCUT2D eigenvalue weighted by Crippen LogP contribution is 2.48. The molecule has 8 aromatic rings. The Kier molecular flexibility index (Phi) is 5.02. The molecule has 0 saturated carbocycles. The number of nitrogens with zero attached hydrogens (tertiary/aromatic N) is 5. The Labute approximate surface area is 258 Å². The van der Waals surface area contributed by atoms with E-state index < -0.39 is 0 Å². The molecule has 2 unspecified atom stereocenters. The van der Waals surface area contributed by atoms with Crippen LogP contribution < -0.4 is 4.90 Å². The van der Waals surface area contributed by atoms with E-state index in [1.165, 1.54) is 16.6 Å². The second kappa shape index (κ2) is 9.24. The summed E-state index contributed by atoms with van der Waals surface area (Å²) in [7, 11) is 0. The molecule has 6 heteroatoms. The minimum atomic E-state index is 0.233. The second-order valence-electron chi connectivity index (χ2n) is 11.7. The molecule has 0 saturated heterocycles. The third kappa shape index (κ3) is 3.48. The van der Waals surface area contributed by atoms with Gasteiger partial charge in [0, 0.05) is 63.3 Å². The van der Waals surface area contributed by atoms with Gasteiger partial charge in [0.15, 0.2) is 5.58 Å². The first-order chi connectivity index (χ1) is 22.3. The van der Waals surface area contributed by atoms with E-state index >= 15 is 0 Å². The first-order valence-electron chi connectivity index (χ1n) is 15.2. The van der Waals surface area contributed by atoms with Crippen molar-refractivity contribution in [3.8, 4) is 16.9 Å². The van der Waals surface area contributed by atoms with Crippen LogP contribution in [-0.2, 0) is 0 Å². The highest BCUT2D eigenvalue weighted by Gasteiger charge is 2.37. The summed E-state index contributed by atoms with van der Waals surface area (Å²) in [6, 6.07) is 32.1. The van der Waals surface area contributed by atoms with E-state index in [0.717, 1.165) is 61.1 Å². The summed E-state index contributed by atoms with van der Waals surface area (Å²) in [6.07, 6.45) is 16.4. The van der Waals surface area contributed by atoms with Gasteiger partial charge in [-0.05, 0) is 60.2 Å². The Morgan fingerprint density at radius 3 is 2.49 bits per heavy atom. The molecule has 6 nitrogen and oxygen atoms in total. The summed E-state index contributed by atoms with van der Waals surface area (Å²) in [6.45, 7) is 0. The van der Waals surface area contributed by atoms with E-state index in [2.05, 4.69) is 112 Å². The molecule has 2 aliphatic rings. The number of hydrogen-bond acceptors (Lipinski definition) is 5. The van der Waals surface area contributed by atoms with Crippen molar-refractivity contribution < 1.29 is 4.42 Å². The summed E-state index contributed by atoms with van der Waals surface area (Å²) in [5, 5.41) is 3.30. The van der Waals surface area contributed by atoms with Crippen LogP contribution in [0.4, 0.5) is 11.4 Å². The number of para-hydroxylation sites is 2. The normalized spacial score (nSPS) is 17.1. The molecule has 5 aromatic heterocycles. The molecule has 0 radical (unpaired) electrons. The zero-order valence-corrected chi connectivity index (χ0v) is 24.1. The van der Waals surface area contributed by atoms with E-state index in [-0.39, 0.29) is 6.04 Å². The topological polar surface area (TPSA) is 60.0 Å². The SMILES string of the molecule is C1=CC2c3ccccc3N(c3ccc4oc5c(-c6cc7c8ccccc8n(-c8ccncc8)c7cn6)ccnc5c4c3)C2C=C1. The zero-order chi connectivity index (χ0) is 29.5. The number of rotatable bonds is 3.